The molecule has 0 heterocycles. The predicted octanol–water partition coefficient (Wildman–Crippen LogP) is 7.35. The number of rotatable bonds is 18. The smallest absolute Gasteiger partial charge is 0.335 e. The number of carbonyl (C=O) groups is 2. The summed E-state index contributed by atoms with van der Waals surface area (Å²) < 4.78 is 35.9. The Balaban J connectivity index is 2.87. The highest BCUT2D eigenvalue weighted by Crippen LogP contribution is 2.52. The van der Waals surface area contributed by atoms with Crippen molar-refractivity contribution in [2.75, 3.05) is 26.4 Å². The Labute approximate surface area is 244 Å². The number of esters is 2. The molecule has 0 radical (unpaired) electrons. The van der Waals surface area contributed by atoms with Crippen molar-refractivity contribution in [3.63, 3.8) is 0 Å². The van der Waals surface area contributed by atoms with Crippen molar-refractivity contribution in [2.45, 2.75) is 72.6 Å². The first-order valence-corrected chi connectivity index (χ1v) is 14.2. The van der Waals surface area contributed by atoms with Crippen LogP contribution in [0.3, 0.4) is 0 Å². The monoisotopic (exact) mass is 568 g/mol. The Bertz CT molecular complexity index is 1110. The normalized spacial score (nSPS) is 10.9. The van der Waals surface area contributed by atoms with Gasteiger partial charge in [0.1, 0.15) is 0 Å². The highest BCUT2D eigenvalue weighted by molar-refractivity contribution is 5.85. The van der Waals surface area contributed by atoms with Gasteiger partial charge in [-0.05, 0) is 37.8 Å². The van der Waals surface area contributed by atoms with Gasteiger partial charge in [-0.15, -0.1) is 0 Å². The van der Waals surface area contributed by atoms with Crippen molar-refractivity contribution < 1.29 is 38.0 Å². The molecule has 0 unspecified atom stereocenters. The van der Waals surface area contributed by atoms with Crippen molar-refractivity contribution in [3.05, 3.63) is 60.7 Å². The van der Waals surface area contributed by atoms with Gasteiger partial charge in [0.15, 0.2) is 23.0 Å². The molecule has 0 amide bonds. The number of hydrogen-bond acceptors (Lipinski definition) is 8. The predicted molar refractivity (Wildman–Crippen MR) is 160 cm³/mol. The molecule has 0 N–H and O–H groups in total. The minimum absolute atomic E-state index is 0.245. The zero-order chi connectivity index (χ0) is 30.4. The molecule has 0 aliphatic carbocycles. The van der Waals surface area contributed by atoms with Crippen LogP contribution in [0.5, 0.6) is 34.5 Å². The Hall–Kier alpha value is -3.94. The topological polar surface area (TPSA) is 89.5 Å². The lowest BCUT2D eigenvalue weighted by atomic mass is 9.76. The summed E-state index contributed by atoms with van der Waals surface area (Å²) in [6.45, 7) is 20.7. The third kappa shape index (κ3) is 8.52. The number of carbonyl (C=O) groups excluding carboxylic acids is 2. The molecule has 0 atom stereocenters. The van der Waals surface area contributed by atoms with Crippen LogP contribution in [0.25, 0.3) is 0 Å². The van der Waals surface area contributed by atoms with Crippen LogP contribution in [0.1, 0.15) is 78.4 Å². The Morgan fingerprint density at radius 1 is 0.610 bits per heavy atom. The molecule has 2 aromatic rings. The van der Waals surface area contributed by atoms with Gasteiger partial charge in [0.25, 0.3) is 0 Å². The van der Waals surface area contributed by atoms with E-state index in [9.17, 15) is 9.59 Å². The fraction of sp³-hybridized carbons (Fsp3) is 0.455. The van der Waals surface area contributed by atoms with E-state index in [-0.39, 0.29) is 11.5 Å². The largest absolute Gasteiger partial charge is 0.489 e. The third-order valence-electron chi connectivity index (χ3n) is 6.06. The highest BCUT2D eigenvalue weighted by atomic mass is 16.6. The van der Waals surface area contributed by atoms with Gasteiger partial charge in [0.2, 0.25) is 11.5 Å². The second-order valence-electron chi connectivity index (χ2n) is 9.81. The van der Waals surface area contributed by atoms with Gasteiger partial charge in [-0.1, -0.05) is 66.8 Å². The van der Waals surface area contributed by atoms with E-state index in [1.165, 1.54) is 0 Å². The fourth-order valence-corrected chi connectivity index (χ4v) is 4.06. The van der Waals surface area contributed by atoms with Crippen LogP contribution in [-0.2, 0) is 15.0 Å². The molecule has 0 aliphatic rings. The van der Waals surface area contributed by atoms with E-state index in [2.05, 4.69) is 13.2 Å². The molecule has 8 nitrogen and oxygen atoms in total. The Morgan fingerprint density at radius 2 is 0.927 bits per heavy atom. The van der Waals surface area contributed by atoms with Crippen molar-refractivity contribution in [3.8, 4) is 34.5 Å². The van der Waals surface area contributed by atoms with Crippen LogP contribution in [0.15, 0.2) is 49.6 Å². The molecule has 0 fully saturated rings. The van der Waals surface area contributed by atoms with E-state index >= 15 is 0 Å². The van der Waals surface area contributed by atoms with Crippen LogP contribution in [0, 0.1) is 0 Å². The molecule has 0 saturated heterocycles. The van der Waals surface area contributed by atoms with E-state index in [4.69, 9.17) is 28.4 Å². The molecule has 0 spiro atoms. The molecule has 8 heteroatoms. The first-order valence-electron chi connectivity index (χ1n) is 14.2. The summed E-state index contributed by atoms with van der Waals surface area (Å²) in [6.07, 6.45) is 5.20. The van der Waals surface area contributed by atoms with E-state index in [1.54, 1.807) is 12.1 Å². The lowest BCUT2D eigenvalue weighted by Gasteiger charge is -2.32. The minimum Gasteiger partial charge on any atom is -0.489 e. The van der Waals surface area contributed by atoms with Crippen molar-refractivity contribution >= 4 is 11.9 Å². The van der Waals surface area contributed by atoms with Gasteiger partial charge >= 0.3 is 11.9 Å². The average Bonchev–Trinajstić information content (AvgIpc) is 2.97. The lowest BCUT2D eigenvalue weighted by molar-refractivity contribution is -0.130. The SMILES string of the molecule is C=CC(=O)Oc1ccc(C(C)(C)c2ccc(OC(=O)C=C)c(OCCC)c2OCCC)c(OCCC)c1OCCC. The first-order chi connectivity index (χ1) is 19.7. The van der Waals surface area contributed by atoms with E-state index in [0.717, 1.165) is 49.0 Å². The van der Waals surface area contributed by atoms with Crippen LogP contribution in [-0.4, -0.2) is 38.4 Å². The van der Waals surface area contributed by atoms with Crippen LogP contribution < -0.4 is 28.4 Å². The summed E-state index contributed by atoms with van der Waals surface area (Å²) in [6, 6.07) is 7.11. The minimum atomic E-state index is -0.733. The number of benzene rings is 2. The second-order valence-corrected chi connectivity index (χ2v) is 9.81. The summed E-state index contributed by atoms with van der Waals surface area (Å²) in [5.74, 6) is 0.922. The zero-order valence-electron chi connectivity index (χ0n) is 25.3. The molecule has 0 aromatic heterocycles. The van der Waals surface area contributed by atoms with Gasteiger partial charge in [-0.2, -0.15) is 0 Å². The molecule has 41 heavy (non-hydrogen) atoms. The van der Waals surface area contributed by atoms with E-state index in [0.29, 0.717) is 49.4 Å². The molecular formula is C33H44O8. The maximum absolute atomic E-state index is 12.1. The first kappa shape index (κ1) is 33.3. The van der Waals surface area contributed by atoms with Crippen molar-refractivity contribution in [1.29, 1.82) is 0 Å². The fourth-order valence-electron chi connectivity index (χ4n) is 4.06. The molecule has 2 aromatic carbocycles. The number of ether oxygens (including phenoxy) is 6. The quantitative estimate of drug-likeness (QED) is 0.105. The van der Waals surface area contributed by atoms with Crippen LogP contribution >= 0.6 is 0 Å². The second kappa shape index (κ2) is 16.4. The van der Waals surface area contributed by atoms with Gasteiger partial charge in [0.05, 0.1) is 26.4 Å². The Morgan fingerprint density at radius 3 is 1.22 bits per heavy atom. The summed E-state index contributed by atoms with van der Waals surface area (Å²) in [5.41, 5.74) is 0.839. The third-order valence-corrected chi connectivity index (χ3v) is 6.06. The summed E-state index contributed by atoms with van der Waals surface area (Å²) >= 11 is 0. The summed E-state index contributed by atoms with van der Waals surface area (Å²) in [5, 5.41) is 0. The van der Waals surface area contributed by atoms with Crippen molar-refractivity contribution in [2.24, 2.45) is 0 Å². The lowest BCUT2D eigenvalue weighted by Crippen LogP contribution is -2.23. The molecule has 224 valence electrons. The molecule has 0 bridgehead atoms. The van der Waals surface area contributed by atoms with E-state index < -0.39 is 17.4 Å². The molecule has 0 aliphatic heterocycles. The van der Waals surface area contributed by atoms with Crippen molar-refractivity contribution in [1.82, 2.24) is 0 Å². The van der Waals surface area contributed by atoms with Gasteiger partial charge in [0, 0.05) is 28.7 Å². The molecular weight excluding hydrogens is 524 g/mol. The molecule has 2 rings (SSSR count). The number of hydrogen-bond donors (Lipinski definition) is 0. The van der Waals surface area contributed by atoms with Gasteiger partial charge in [-0.3, -0.25) is 0 Å². The zero-order valence-corrected chi connectivity index (χ0v) is 25.3. The highest BCUT2D eigenvalue weighted by Gasteiger charge is 2.35. The maximum Gasteiger partial charge on any atom is 0.335 e. The maximum atomic E-state index is 12.1. The van der Waals surface area contributed by atoms with Crippen LogP contribution in [0.4, 0.5) is 0 Å². The van der Waals surface area contributed by atoms with Crippen LogP contribution in [0.2, 0.25) is 0 Å². The summed E-state index contributed by atoms with van der Waals surface area (Å²) in [4.78, 5) is 24.3. The van der Waals surface area contributed by atoms with Gasteiger partial charge in [-0.25, -0.2) is 9.59 Å². The standard InChI is InChI=1S/C33H44O8/c1-9-19-36-29-23(15-17-25(40-27(34)13-5)31(29)38-21-11-3)33(7,8)24-16-18-26(41-28(35)14-6)32(39-22-12-4)30(24)37-20-10-2/h13-18H,5-6,9-12,19-22H2,1-4,7-8H3. The van der Waals surface area contributed by atoms with Gasteiger partial charge < -0.3 is 28.4 Å². The average molecular weight is 569 g/mol. The Kier molecular flexibility index (Phi) is 13.3. The van der Waals surface area contributed by atoms with E-state index in [1.807, 2.05) is 53.7 Å². The summed E-state index contributed by atoms with van der Waals surface area (Å²) in [7, 11) is 0. The molecule has 0 saturated carbocycles.